The fraction of sp³-hybridized carbons (Fsp3) is 0.640. The summed E-state index contributed by atoms with van der Waals surface area (Å²) in [6.07, 6.45) is 3.41. The third-order valence-electron chi connectivity index (χ3n) is 7.48. The quantitative estimate of drug-likeness (QED) is 0.487. The molecule has 0 spiro atoms. The fourth-order valence-corrected chi connectivity index (χ4v) is 7.06. The van der Waals surface area contributed by atoms with Gasteiger partial charge >= 0.3 is 0 Å². The van der Waals surface area contributed by atoms with Crippen LogP contribution in [0.2, 0.25) is 0 Å². The van der Waals surface area contributed by atoms with Crippen molar-refractivity contribution in [3.63, 3.8) is 0 Å². The van der Waals surface area contributed by atoms with Crippen LogP contribution in [0.3, 0.4) is 0 Å². The van der Waals surface area contributed by atoms with Crippen LogP contribution < -0.4 is 0 Å². The van der Waals surface area contributed by atoms with E-state index in [4.69, 9.17) is 0 Å². The Morgan fingerprint density at radius 3 is 2.43 bits per heavy atom. The highest BCUT2D eigenvalue weighted by molar-refractivity contribution is 8.04. The number of ketones is 1. The largest absolute Gasteiger partial charge is 0.340 e. The van der Waals surface area contributed by atoms with Gasteiger partial charge in [-0.3, -0.25) is 24.2 Å². The van der Waals surface area contributed by atoms with Gasteiger partial charge in [0.25, 0.3) is 15.1 Å². The standard InChI is InChI=1S/C25H35N5O6S/c1-17(2)13-19(14-22(32)28-11-9-27(3)10-12-28)24(33)29-8-6-20-23(29)21(31)16-30(20)37(35,36)25(34)18-5-4-7-26-15-18/h4-5,7,15,17,19-20,23H,6,8-14,16H2,1-3H3. The predicted molar refractivity (Wildman–Crippen MR) is 135 cm³/mol. The first kappa shape index (κ1) is 27.3. The van der Waals surface area contributed by atoms with Crippen LogP contribution in [0.1, 0.15) is 43.5 Å². The Morgan fingerprint density at radius 2 is 1.81 bits per heavy atom. The van der Waals surface area contributed by atoms with Gasteiger partial charge in [-0.25, -0.2) is 8.42 Å². The highest BCUT2D eigenvalue weighted by Crippen LogP contribution is 2.34. The van der Waals surface area contributed by atoms with E-state index in [1.165, 1.54) is 29.4 Å². The highest BCUT2D eigenvalue weighted by atomic mass is 32.2. The zero-order valence-corrected chi connectivity index (χ0v) is 22.4. The molecular weight excluding hydrogens is 498 g/mol. The maximum atomic E-state index is 13.7. The topological polar surface area (TPSA) is 128 Å². The summed E-state index contributed by atoms with van der Waals surface area (Å²) < 4.78 is 27.3. The summed E-state index contributed by atoms with van der Waals surface area (Å²) in [4.78, 5) is 61.7. The molecule has 12 heteroatoms. The number of pyridine rings is 1. The van der Waals surface area contributed by atoms with E-state index in [0.29, 0.717) is 19.5 Å². The summed E-state index contributed by atoms with van der Waals surface area (Å²) in [5.41, 5.74) is -0.0799. The molecule has 3 saturated heterocycles. The molecule has 1 aromatic heterocycles. The van der Waals surface area contributed by atoms with E-state index in [9.17, 15) is 27.6 Å². The van der Waals surface area contributed by atoms with Crippen molar-refractivity contribution in [2.75, 3.05) is 46.3 Å². The number of hydrogen-bond acceptors (Lipinski definition) is 8. The summed E-state index contributed by atoms with van der Waals surface area (Å²) >= 11 is 0. The summed E-state index contributed by atoms with van der Waals surface area (Å²) in [5.74, 6) is -1.23. The molecule has 0 N–H and O–H groups in total. The number of aromatic nitrogens is 1. The van der Waals surface area contributed by atoms with Gasteiger partial charge in [-0.2, -0.15) is 4.31 Å². The summed E-state index contributed by atoms with van der Waals surface area (Å²) in [7, 11) is -2.47. The zero-order valence-electron chi connectivity index (χ0n) is 21.6. The SMILES string of the molecule is CC(C)CC(CC(=O)N1CCN(C)CC1)C(=O)N1CCC2C1C(=O)CN2S(=O)(=O)C(=O)c1cccnc1. The lowest BCUT2D eigenvalue weighted by atomic mass is 9.91. The van der Waals surface area contributed by atoms with Crippen LogP contribution in [-0.2, 0) is 24.4 Å². The molecule has 2 amide bonds. The second kappa shape index (κ2) is 11.0. The molecule has 4 rings (SSSR count). The molecule has 3 aliphatic rings. The number of likely N-dealkylation sites (N-methyl/N-ethyl adjacent to an activating group) is 1. The predicted octanol–water partition coefficient (Wildman–Crippen LogP) is 0.232. The molecule has 37 heavy (non-hydrogen) atoms. The minimum Gasteiger partial charge on any atom is -0.340 e. The molecular formula is C25H35N5O6S. The number of nitrogens with zero attached hydrogens (tertiary/aromatic N) is 5. The number of hydrogen-bond donors (Lipinski definition) is 0. The molecule has 0 aromatic carbocycles. The molecule has 3 fully saturated rings. The zero-order chi connectivity index (χ0) is 26.9. The van der Waals surface area contributed by atoms with Crippen LogP contribution >= 0.6 is 0 Å². The molecule has 0 bridgehead atoms. The second-order valence-electron chi connectivity index (χ2n) is 10.6. The molecule has 4 heterocycles. The summed E-state index contributed by atoms with van der Waals surface area (Å²) in [6, 6.07) is 1.09. The molecule has 11 nitrogen and oxygen atoms in total. The van der Waals surface area contributed by atoms with E-state index in [-0.39, 0.29) is 42.7 Å². The Hall–Kier alpha value is -2.70. The van der Waals surface area contributed by atoms with Crippen molar-refractivity contribution in [3.05, 3.63) is 30.1 Å². The van der Waals surface area contributed by atoms with Gasteiger partial charge in [0.15, 0.2) is 5.78 Å². The normalized spacial score (nSPS) is 23.9. The number of piperazine rings is 1. The monoisotopic (exact) mass is 533 g/mol. The average molecular weight is 534 g/mol. The molecule has 0 saturated carbocycles. The van der Waals surface area contributed by atoms with Crippen LogP contribution in [0.4, 0.5) is 0 Å². The Kier molecular flexibility index (Phi) is 8.10. The second-order valence-corrected chi connectivity index (χ2v) is 12.4. The maximum Gasteiger partial charge on any atom is 0.293 e. The van der Waals surface area contributed by atoms with Crippen LogP contribution in [0, 0.1) is 11.8 Å². The first-order chi connectivity index (χ1) is 17.5. The minimum absolute atomic E-state index is 0.0598. The van der Waals surface area contributed by atoms with Gasteiger partial charge in [-0.15, -0.1) is 0 Å². The third kappa shape index (κ3) is 5.60. The highest BCUT2D eigenvalue weighted by Gasteiger charge is 2.55. The van der Waals surface area contributed by atoms with Crippen LogP contribution in [0.5, 0.6) is 0 Å². The number of carbonyl (C=O) groups excluding carboxylic acids is 4. The fourth-order valence-electron chi connectivity index (χ4n) is 5.55. The minimum atomic E-state index is -4.47. The molecule has 0 aliphatic carbocycles. The molecule has 3 aliphatic heterocycles. The van der Waals surface area contributed by atoms with E-state index >= 15 is 0 Å². The first-order valence-electron chi connectivity index (χ1n) is 12.8. The van der Waals surface area contributed by atoms with Crippen molar-refractivity contribution in [1.82, 2.24) is 24.0 Å². The van der Waals surface area contributed by atoms with Crippen molar-refractivity contribution >= 4 is 32.7 Å². The lowest BCUT2D eigenvalue weighted by Crippen LogP contribution is -2.49. The third-order valence-corrected chi connectivity index (χ3v) is 9.20. The van der Waals surface area contributed by atoms with Crippen molar-refractivity contribution in [1.29, 1.82) is 0 Å². The number of fused-ring (bicyclic) bond motifs is 1. The van der Waals surface area contributed by atoms with Crippen molar-refractivity contribution in [2.24, 2.45) is 11.8 Å². The van der Waals surface area contributed by atoms with E-state index in [1.54, 1.807) is 4.90 Å². The van der Waals surface area contributed by atoms with Gasteiger partial charge in [0.2, 0.25) is 11.8 Å². The molecule has 0 radical (unpaired) electrons. The van der Waals surface area contributed by atoms with Gasteiger partial charge < -0.3 is 14.7 Å². The number of likely N-dealkylation sites (tertiary alicyclic amines) is 1. The lowest BCUT2D eigenvalue weighted by molar-refractivity contribution is -0.144. The molecule has 1 aromatic rings. The van der Waals surface area contributed by atoms with Gasteiger partial charge in [-0.1, -0.05) is 13.8 Å². The van der Waals surface area contributed by atoms with Crippen LogP contribution in [0.25, 0.3) is 0 Å². The van der Waals surface area contributed by atoms with E-state index in [0.717, 1.165) is 17.4 Å². The summed E-state index contributed by atoms with van der Waals surface area (Å²) in [5, 5.41) is -1.12. The van der Waals surface area contributed by atoms with E-state index < -0.39 is 45.5 Å². The number of sulfonamides is 1. The van der Waals surface area contributed by atoms with E-state index in [2.05, 4.69) is 9.88 Å². The lowest BCUT2D eigenvalue weighted by Gasteiger charge is -2.34. The molecule has 3 unspecified atom stereocenters. The van der Waals surface area contributed by atoms with Crippen molar-refractivity contribution < 1.29 is 27.6 Å². The van der Waals surface area contributed by atoms with Gasteiger partial charge in [0.1, 0.15) is 6.04 Å². The van der Waals surface area contributed by atoms with Crippen LogP contribution in [0.15, 0.2) is 24.5 Å². The van der Waals surface area contributed by atoms with Crippen molar-refractivity contribution in [2.45, 2.75) is 45.2 Å². The Bertz CT molecular complexity index is 1150. The van der Waals surface area contributed by atoms with Crippen molar-refractivity contribution in [3.8, 4) is 0 Å². The Labute approximate surface area is 217 Å². The molecule has 202 valence electrons. The maximum absolute atomic E-state index is 13.7. The van der Waals surface area contributed by atoms with Gasteiger partial charge in [0, 0.05) is 57.5 Å². The number of carbonyl (C=O) groups is 4. The number of amides is 2. The Balaban J connectivity index is 1.50. The van der Waals surface area contributed by atoms with Gasteiger partial charge in [0.05, 0.1) is 18.2 Å². The first-order valence-corrected chi connectivity index (χ1v) is 14.2. The summed E-state index contributed by atoms with van der Waals surface area (Å²) in [6.45, 7) is 6.49. The number of Topliss-reactive ketones (excluding diaryl/α,β-unsaturated/α-hetero) is 1. The number of rotatable bonds is 7. The smallest absolute Gasteiger partial charge is 0.293 e. The van der Waals surface area contributed by atoms with E-state index in [1.807, 2.05) is 20.9 Å². The molecule has 3 atom stereocenters. The average Bonchev–Trinajstić information content (AvgIpc) is 3.44. The van der Waals surface area contributed by atoms with Crippen LogP contribution in [-0.4, -0.2) is 114 Å². The van der Waals surface area contributed by atoms with Gasteiger partial charge in [-0.05, 0) is 37.9 Å². The Morgan fingerprint density at radius 1 is 1.11 bits per heavy atom.